The largest absolute Gasteiger partial charge is 0.411 e. The van der Waals surface area contributed by atoms with Crippen molar-refractivity contribution >= 4 is 17.7 Å². The van der Waals surface area contributed by atoms with Gasteiger partial charge in [0.05, 0.1) is 5.75 Å². The molecule has 136 valence electrons. The van der Waals surface area contributed by atoms with E-state index in [4.69, 9.17) is 4.42 Å². The van der Waals surface area contributed by atoms with Crippen LogP contribution in [0.5, 0.6) is 0 Å². The Kier molecular flexibility index (Phi) is 7.50. The second-order valence-electron chi connectivity index (χ2n) is 6.50. The van der Waals surface area contributed by atoms with Gasteiger partial charge < -0.3 is 9.73 Å². The summed E-state index contributed by atoms with van der Waals surface area (Å²) in [6.45, 7) is 8.29. The minimum Gasteiger partial charge on any atom is -0.411 e. The molecule has 1 amide bonds. The highest BCUT2D eigenvalue weighted by Gasteiger charge is 2.13. The van der Waals surface area contributed by atoms with Crippen LogP contribution in [0.25, 0.3) is 11.5 Å². The Morgan fingerprint density at radius 1 is 1.20 bits per heavy atom. The van der Waals surface area contributed by atoms with E-state index in [-0.39, 0.29) is 17.7 Å². The van der Waals surface area contributed by atoms with Crippen molar-refractivity contribution in [1.82, 2.24) is 15.5 Å². The van der Waals surface area contributed by atoms with E-state index in [0.29, 0.717) is 11.1 Å². The molecule has 1 heterocycles. The summed E-state index contributed by atoms with van der Waals surface area (Å²) in [5.74, 6) is 0.773. The Bertz CT molecular complexity index is 679. The summed E-state index contributed by atoms with van der Waals surface area (Å²) in [4.78, 5) is 12.0. The SMILES string of the molecule is CCCCC[C@H](C)NC(=O)CSc1nnc(-c2cc(C)cc(C)c2)o1. The summed E-state index contributed by atoms with van der Waals surface area (Å²) < 4.78 is 5.68. The van der Waals surface area contributed by atoms with Gasteiger partial charge in [-0.3, -0.25) is 4.79 Å². The molecule has 0 bridgehead atoms. The maximum atomic E-state index is 12.0. The molecule has 0 aliphatic heterocycles. The fourth-order valence-corrected chi connectivity index (χ4v) is 3.27. The molecule has 1 N–H and O–H groups in total. The highest BCUT2D eigenvalue weighted by Crippen LogP contribution is 2.24. The third-order valence-corrected chi connectivity index (χ3v) is 4.67. The lowest BCUT2D eigenvalue weighted by Crippen LogP contribution is -2.33. The van der Waals surface area contributed by atoms with Gasteiger partial charge in [0.25, 0.3) is 5.22 Å². The van der Waals surface area contributed by atoms with E-state index in [2.05, 4.69) is 28.5 Å². The molecule has 2 aromatic rings. The average molecular weight is 362 g/mol. The summed E-state index contributed by atoms with van der Waals surface area (Å²) in [6, 6.07) is 6.33. The van der Waals surface area contributed by atoms with Gasteiger partial charge in [0, 0.05) is 11.6 Å². The van der Waals surface area contributed by atoms with Crippen LogP contribution in [0.2, 0.25) is 0 Å². The van der Waals surface area contributed by atoms with E-state index in [1.54, 1.807) is 0 Å². The molecule has 2 rings (SSSR count). The highest BCUT2D eigenvalue weighted by atomic mass is 32.2. The number of thioether (sulfide) groups is 1. The Labute approximate surface area is 154 Å². The smallest absolute Gasteiger partial charge is 0.277 e. The Morgan fingerprint density at radius 3 is 2.60 bits per heavy atom. The molecule has 1 aromatic heterocycles. The van der Waals surface area contributed by atoms with Gasteiger partial charge in [-0.25, -0.2) is 0 Å². The molecule has 6 heteroatoms. The van der Waals surface area contributed by atoms with Gasteiger partial charge in [0.2, 0.25) is 11.8 Å². The van der Waals surface area contributed by atoms with Crippen LogP contribution in [0, 0.1) is 13.8 Å². The Hall–Kier alpha value is -1.82. The number of hydrogen-bond donors (Lipinski definition) is 1. The van der Waals surface area contributed by atoms with Gasteiger partial charge >= 0.3 is 0 Å². The van der Waals surface area contributed by atoms with Crippen LogP contribution in [0.15, 0.2) is 27.8 Å². The predicted octanol–water partition coefficient (Wildman–Crippen LogP) is 4.53. The van der Waals surface area contributed by atoms with Crippen LogP contribution in [0.4, 0.5) is 0 Å². The minimum absolute atomic E-state index is 0.000137. The van der Waals surface area contributed by atoms with Crippen molar-refractivity contribution in [3.63, 3.8) is 0 Å². The first-order valence-electron chi connectivity index (χ1n) is 8.82. The maximum absolute atomic E-state index is 12.0. The molecule has 0 fully saturated rings. The maximum Gasteiger partial charge on any atom is 0.277 e. The van der Waals surface area contributed by atoms with Crippen molar-refractivity contribution in [1.29, 1.82) is 0 Å². The molecule has 0 aliphatic carbocycles. The summed E-state index contributed by atoms with van der Waals surface area (Å²) in [5.41, 5.74) is 3.21. The van der Waals surface area contributed by atoms with E-state index < -0.39 is 0 Å². The lowest BCUT2D eigenvalue weighted by molar-refractivity contribution is -0.119. The van der Waals surface area contributed by atoms with Gasteiger partial charge in [-0.05, 0) is 39.3 Å². The molecular weight excluding hydrogens is 334 g/mol. The molecule has 1 atom stereocenters. The van der Waals surface area contributed by atoms with Crippen LogP contribution in [-0.2, 0) is 4.79 Å². The molecule has 0 saturated heterocycles. The Morgan fingerprint density at radius 2 is 1.92 bits per heavy atom. The van der Waals surface area contributed by atoms with Gasteiger partial charge in [0.15, 0.2) is 0 Å². The summed E-state index contributed by atoms with van der Waals surface area (Å²) in [6.07, 6.45) is 4.56. The van der Waals surface area contributed by atoms with E-state index >= 15 is 0 Å². The van der Waals surface area contributed by atoms with Crippen molar-refractivity contribution < 1.29 is 9.21 Å². The Balaban J connectivity index is 1.84. The zero-order valence-electron chi connectivity index (χ0n) is 15.5. The molecule has 0 saturated carbocycles. The summed E-state index contributed by atoms with van der Waals surface area (Å²) in [7, 11) is 0. The predicted molar refractivity (Wildman–Crippen MR) is 102 cm³/mol. The van der Waals surface area contributed by atoms with Crippen molar-refractivity contribution in [3.8, 4) is 11.5 Å². The molecule has 1 aromatic carbocycles. The molecule has 0 aliphatic rings. The molecule has 5 nitrogen and oxygen atoms in total. The van der Waals surface area contributed by atoms with E-state index in [0.717, 1.165) is 29.5 Å². The van der Waals surface area contributed by atoms with Gasteiger partial charge in [0.1, 0.15) is 0 Å². The second kappa shape index (κ2) is 9.61. The average Bonchev–Trinajstić information content (AvgIpc) is 3.01. The number of nitrogens with zero attached hydrogens (tertiary/aromatic N) is 2. The number of aromatic nitrogens is 2. The number of rotatable bonds is 9. The number of hydrogen-bond acceptors (Lipinski definition) is 5. The zero-order valence-corrected chi connectivity index (χ0v) is 16.3. The van der Waals surface area contributed by atoms with Crippen molar-refractivity contribution in [2.45, 2.75) is 64.6 Å². The number of amides is 1. The van der Waals surface area contributed by atoms with E-state index in [1.165, 1.54) is 24.6 Å². The van der Waals surface area contributed by atoms with Gasteiger partial charge in [-0.15, -0.1) is 10.2 Å². The monoisotopic (exact) mass is 361 g/mol. The van der Waals surface area contributed by atoms with E-state index in [1.807, 2.05) is 32.9 Å². The first kappa shape index (κ1) is 19.5. The summed E-state index contributed by atoms with van der Waals surface area (Å²) in [5, 5.41) is 11.6. The minimum atomic E-state index is 0.000137. The molecule has 25 heavy (non-hydrogen) atoms. The van der Waals surface area contributed by atoms with Crippen molar-refractivity contribution in [2.75, 3.05) is 5.75 Å². The lowest BCUT2D eigenvalue weighted by atomic mass is 10.1. The number of nitrogens with one attached hydrogen (secondary N) is 1. The van der Waals surface area contributed by atoms with Gasteiger partial charge in [-0.1, -0.05) is 55.1 Å². The summed E-state index contributed by atoms with van der Waals surface area (Å²) >= 11 is 1.27. The standard InChI is InChI=1S/C19H27N3O2S/c1-5-6-7-8-15(4)20-17(23)12-25-19-22-21-18(24-19)16-10-13(2)9-14(3)11-16/h9-11,15H,5-8,12H2,1-4H3,(H,20,23)/t15-/m0/s1. The number of benzene rings is 1. The number of carbonyl (C=O) groups excluding carboxylic acids is 1. The topological polar surface area (TPSA) is 68.0 Å². The lowest BCUT2D eigenvalue weighted by Gasteiger charge is -2.12. The molecule has 0 radical (unpaired) electrons. The van der Waals surface area contributed by atoms with Gasteiger partial charge in [-0.2, -0.15) is 0 Å². The van der Waals surface area contributed by atoms with E-state index in [9.17, 15) is 4.79 Å². The van der Waals surface area contributed by atoms with Crippen LogP contribution in [-0.4, -0.2) is 27.9 Å². The van der Waals surface area contributed by atoms with Crippen LogP contribution < -0.4 is 5.32 Å². The normalized spacial score (nSPS) is 12.2. The first-order chi connectivity index (χ1) is 12.0. The zero-order chi connectivity index (χ0) is 18.2. The number of unbranched alkanes of at least 4 members (excludes halogenated alkanes) is 2. The van der Waals surface area contributed by atoms with Crippen LogP contribution >= 0.6 is 11.8 Å². The van der Waals surface area contributed by atoms with Crippen LogP contribution in [0.3, 0.4) is 0 Å². The van der Waals surface area contributed by atoms with Crippen molar-refractivity contribution in [3.05, 3.63) is 29.3 Å². The van der Waals surface area contributed by atoms with Crippen LogP contribution in [0.1, 0.15) is 50.7 Å². The highest BCUT2D eigenvalue weighted by molar-refractivity contribution is 7.99. The molecular formula is C19H27N3O2S. The second-order valence-corrected chi connectivity index (χ2v) is 7.43. The number of carbonyl (C=O) groups is 1. The molecule has 0 spiro atoms. The number of aryl methyl sites for hydroxylation is 2. The molecule has 0 unspecified atom stereocenters. The fraction of sp³-hybridized carbons (Fsp3) is 0.526. The quantitative estimate of drug-likeness (QED) is 0.525. The third kappa shape index (κ3) is 6.53. The fourth-order valence-electron chi connectivity index (χ4n) is 2.70. The third-order valence-electron chi connectivity index (χ3n) is 3.85. The first-order valence-corrected chi connectivity index (χ1v) is 9.80. The van der Waals surface area contributed by atoms with Crippen molar-refractivity contribution in [2.24, 2.45) is 0 Å².